The molecule has 1 unspecified atom stereocenters. The fourth-order valence-corrected chi connectivity index (χ4v) is 2.31. The van der Waals surface area contributed by atoms with E-state index in [2.05, 4.69) is 10.6 Å². The number of amides is 1. The van der Waals surface area contributed by atoms with Crippen molar-refractivity contribution < 1.29 is 9.53 Å². The lowest BCUT2D eigenvalue weighted by Gasteiger charge is -2.23. The fourth-order valence-electron chi connectivity index (χ4n) is 2.31. The van der Waals surface area contributed by atoms with Crippen LogP contribution in [0, 0.1) is 0 Å². The quantitative estimate of drug-likeness (QED) is 0.848. The van der Waals surface area contributed by atoms with Gasteiger partial charge in [0.25, 0.3) is 0 Å². The molecule has 4 nitrogen and oxygen atoms in total. The predicted molar refractivity (Wildman–Crippen MR) is 70.5 cm³/mol. The van der Waals surface area contributed by atoms with Crippen molar-refractivity contribution in [3.63, 3.8) is 0 Å². The summed E-state index contributed by atoms with van der Waals surface area (Å²) in [6.07, 6.45) is 1.95. The molecule has 1 aromatic carbocycles. The number of hydrogen-bond acceptors (Lipinski definition) is 3. The number of ether oxygens (including phenoxy) is 1. The maximum atomic E-state index is 12.1. The molecule has 2 rings (SSSR count). The Morgan fingerprint density at radius 2 is 2.28 bits per heavy atom. The van der Waals surface area contributed by atoms with Gasteiger partial charge in [0.05, 0.1) is 12.6 Å². The highest BCUT2D eigenvalue weighted by Gasteiger charge is 2.35. The third kappa shape index (κ3) is 2.64. The smallest absolute Gasteiger partial charge is 0.240 e. The van der Waals surface area contributed by atoms with Crippen molar-refractivity contribution in [1.29, 1.82) is 0 Å². The average Bonchev–Trinajstić information content (AvgIpc) is 2.84. The van der Waals surface area contributed by atoms with Crippen molar-refractivity contribution in [3.05, 3.63) is 29.8 Å². The maximum Gasteiger partial charge on any atom is 0.240 e. The normalized spacial score (nSPS) is 22.8. The first kappa shape index (κ1) is 12.9. The number of hydrogen-bond donors (Lipinski definition) is 2. The molecule has 1 saturated heterocycles. The van der Waals surface area contributed by atoms with Gasteiger partial charge in [-0.25, -0.2) is 0 Å². The average molecular weight is 248 g/mol. The lowest BCUT2D eigenvalue weighted by molar-refractivity contribution is -0.126. The zero-order valence-corrected chi connectivity index (χ0v) is 11.0. The molecule has 1 aliphatic rings. The standard InChI is InChI=1S/C14H20N2O2/c1-14(8-5-9-16-14)13(17)15-10-11-6-3-4-7-12(11)18-2/h3-4,6-7,16H,5,8-10H2,1-2H3,(H,15,17). The van der Waals surface area contributed by atoms with Gasteiger partial charge >= 0.3 is 0 Å². The van der Waals surface area contributed by atoms with E-state index in [-0.39, 0.29) is 5.91 Å². The Balaban J connectivity index is 1.97. The minimum Gasteiger partial charge on any atom is -0.496 e. The Bertz CT molecular complexity index is 426. The van der Waals surface area contributed by atoms with Crippen LogP contribution < -0.4 is 15.4 Å². The predicted octanol–water partition coefficient (Wildman–Crippen LogP) is 1.45. The molecular weight excluding hydrogens is 228 g/mol. The summed E-state index contributed by atoms with van der Waals surface area (Å²) in [6.45, 7) is 3.37. The van der Waals surface area contributed by atoms with Crippen LogP contribution in [0.5, 0.6) is 5.75 Å². The third-order valence-corrected chi connectivity index (χ3v) is 3.50. The van der Waals surface area contributed by atoms with E-state index < -0.39 is 5.54 Å². The monoisotopic (exact) mass is 248 g/mol. The van der Waals surface area contributed by atoms with Crippen LogP contribution in [0.3, 0.4) is 0 Å². The number of methoxy groups -OCH3 is 1. The number of carbonyl (C=O) groups is 1. The SMILES string of the molecule is COc1ccccc1CNC(=O)C1(C)CCCN1. The third-order valence-electron chi connectivity index (χ3n) is 3.50. The Hall–Kier alpha value is -1.55. The number of rotatable bonds is 4. The van der Waals surface area contributed by atoms with Gasteiger partial charge in [-0.15, -0.1) is 0 Å². The summed E-state index contributed by atoms with van der Waals surface area (Å²) < 4.78 is 5.26. The molecule has 4 heteroatoms. The summed E-state index contributed by atoms with van der Waals surface area (Å²) in [5.74, 6) is 0.869. The van der Waals surface area contributed by atoms with Gasteiger partial charge in [0, 0.05) is 12.1 Å². The van der Waals surface area contributed by atoms with Crippen molar-refractivity contribution in [1.82, 2.24) is 10.6 Å². The second-order valence-electron chi connectivity index (χ2n) is 4.86. The van der Waals surface area contributed by atoms with Crippen molar-refractivity contribution in [2.24, 2.45) is 0 Å². The Morgan fingerprint density at radius 1 is 1.50 bits per heavy atom. The Kier molecular flexibility index (Phi) is 3.87. The van der Waals surface area contributed by atoms with E-state index in [0.717, 1.165) is 30.7 Å². The van der Waals surface area contributed by atoms with E-state index in [1.165, 1.54) is 0 Å². The first-order valence-corrected chi connectivity index (χ1v) is 6.31. The van der Waals surface area contributed by atoms with Gasteiger partial charge < -0.3 is 15.4 Å². The Morgan fingerprint density at radius 3 is 2.94 bits per heavy atom. The van der Waals surface area contributed by atoms with Gasteiger partial charge in [0.15, 0.2) is 0 Å². The molecule has 0 aromatic heterocycles. The highest BCUT2D eigenvalue weighted by atomic mass is 16.5. The molecule has 1 heterocycles. The lowest BCUT2D eigenvalue weighted by Crippen LogP contribution is -2.50. The first-order chi connectivity index (χ1) is 8.65. The minimum absolute atomic E-state index is 0.0610. The fraction of sp³-hybridized carbons (Fsp3) is 0.500. The summed E-state index contributed by atoms with van der Waals surface area (Å²) in [5, 5.41) is 6.23. The van der Waals surface area contributed by atoms with Crippen LogP contribution in [0.4, 0.5) is 0 Å². The molecule has 1 aromatic rings. The van der Waals surface area contributed by atoms with E-state index in [1.807, 2.05) is 31.2 Å². The summed E-state index contributed by atoms with van der Waals surface area (Å²) in [5.41, 5.74) is 0.581. The van der Waals surface area contributed by atoms with E-state index in [9.17, 15) is 4.79 Å². The van der Waals surface area contributed by atoms with Crippen molar-refractivity contribution in [2.45, 2.75) is 31.8 Å². The summed E-state index contributed by atoms with van der Waals surface area (Å²) in [7, 11) is 1.64. The molecule has 1 atom stereocenters. The van der Waals surface area contributed by atoms with Crippen LogP contribution in [0.1, 0.15) is 25.3 Å². The molecule has 0 aliphatic carbocycles. The zero-order chi connectivity index (χ0) is 13.0. The van der Waals surface area contributed by atoms with Crippen LogP contribution >= 0.6 is 0 Å². The van der Waals surface area contributed by atoms with E-state index in [0.29, 0.717) is 6.54 Å². The van der Waals surface area contributed by atoms with E-state index in [1.54, 1.807) is 7.11 Å². The van der Waals surface area contributed by atoms with E-state index in [4.69, 9.17) is 4.74 Å². The van der Waals surface area contributed by atoms with Crippen LogP contribution in [0.2, 0.25) is 0 Å². The largest absolute Gasteiger partial charge is 0.496 e. The molecular formula is C14H20N2O2. The number of nitrogens with one attached hydrogen (secondary N) is 2. The van der Waals surface area contributed by atoms with Crippen LogP contribution in [-0.4, -0.2) is 25.1 Å². The molecule has 1 aliphatic heterocycles. The molecule has 0 bridgehead atoms. The van der Waals surface area contributed by atoms with E-state index >= 15 is 0 Å². The molecule has 2 N–H and O–H groups in total. The molecule has 0 spiro atoms. The minimum atomic E-state index is -0.415. The zero-order valence-electron chi connectivity index (χ0n) is 11.0. The molecule has 98 valence electrons. The highest BCUT2D eigenvalue weighted by Crippen LogP contribution is 2.20. The van der Waals surface area contributed by atoms with Gasteiger partial charge in [-0.3, -0.25) is 4.79 Å². The highest BCUT2D eigenvalue weighted by molar-refractivity contribution is 5.86. The molecule has 1 amide bonds. The van der Waals surface area contributed by atoms with Crippen molar-refractivity contribution in [3.8, 4) is 5.75 Å². The maximum absolute atomic E-state index is 12.1. The van der Waals surface area contributed by atoms with Crippen molar-refractivity contribution in [2.75, 3.05) is 13.7 Å². The van der Waals surface area contributed by atoms with Gasteiger partial charge in [0.2, 0.25) is 5.91 Å². The van der Waals surface area contributed by atoms with Gasteiger partial charge in [-0.1, -0.05) is 18.2 Å². The molecule has 1 fully saturated rings. The second kappa shape index (κ2) is 5.40. The van der Waals surface area contributed by atoms with Crippen LogP contribution in [-0.2, 0) is 11.3 Å². The van der Waals surface area contributed by atoms with Crippen LogP contribution in [0.15, 0.2) is 24.3 Å². The second-order valence-corrected chi connectivity index (χ2v) is 4.86. The number of benzene rings is 1. The summed E-state index contributed by atoms with van der Waals surface area (Å²) >= 11 is 0. The summed E-state index contributed by atoms with van der Waals surface area (Å²) in [4.78, 5) is 12.1. The topological polar surface area (TPSA) is 50.4 Å². The molecule has 0 saturated carbocycles. The van der Waals surface area contributed by atoms with Crippen molar-refractivity contribution >= 4 is 5.91 Å². The Labute approximate surface area is 108 Å². The number of carbonyl (C=O) groups excluding carboxylic acids is 1. The first-order valence-electron chi connectivity index (χ1n) is 6.31. The van der Waals surface area contributed by atoms with Crippen LogP contribution in [0.25, 0.3) is 0 Å². The molecule has 18 heavy (non-hydrogen) atoms. The lowest BCUT2D eigenvalue weighted by atomic mass is 9.99. The molecule has 0 radical (unpaired) electrons. The number of para-hydroxylation sites is 1. The van der Waals surface area contributed by atoms with Gasteiger partial charge in [-0.05, 0) is 32.4 Å². The summed E-state index contributed by atoms with van der Waals surface area (Å²) in [6, 6.07) is 7.73. The van der Waals surface area contributed by atoms with Gasteiger partial charge in [0.1, 0.15) is 5.75 Å². The van der Waals surface area contributed by atoms with Gasteiger partial charge in [-0.2, -0.15) is 0 Å².